The van der Waals surface area contributed by atoms with Gasteiger partial charge in [0.1, 0.15) is 0 Å². The average molecular weight is 471 g/mol. The summed E-state index contributed by atoms with van der Waals surface area (Å²) in [6.07, 6.45) is 9.20. The van der Waals surface area contributed by atoms with Crippen LogP contribution in [0.15, 0.2) is 61.1 Å². The van der Waals surface area contributed by atoms with Crippen LogP contribution in [0.4, 0.5) is 5.95 Å². The van der Waals surface area contributed by atoms with Gasteiger partial charge in [0.25, 0.3) is 0 Å². The van der Waals surface area contributed by atoms with E-state index in [1.54, 1.807) is 0 Å². The topological polar surface area (TPSA) is 71.8 Å². The molecule has 1 aliphatic heterocycles. The Bertz CT molecular complexity index is 1280. The summed E-state index contributed by atoms with van der Waals surface area (Å²) in [5.41, 5.74) is 5.19. The van der Waals surface area contributed by atoms with Gasteiger partial charge in [-0.3, -0.25) is 4.90 Å². The first-order chi connectivity index (χ1) is 16.7. The van der Waals surface area contributed by atoms with Crippen molar-refractivity contribution in [2.75, 3.05) is 37.6 Å². The lowest BCUT2D eigenvalue weighted by Gasteiger charge is -2.34. The number of aromatic amines is 1. The molecule has 5 rings (SSSR count). The molecule has 0 atom stereocenters. The van der Waals surface area contributed by atoms with E-state index in [0.29, 0.717) is 0 Å². The SMILES string of the molecule is N#Cc1ccc2[nH]cc(CCCCN3CCN(c4ncc(-c5ccc(Cl)cc5)cn4)CC3)c2c1. The van der Waals surface area contributed by atoms with Crippen LogP contribution in [0.2, 0.25) is 5.02 Å². The number of nitrogens with one attached hydrogen (secondary N) is 1. The van der Waals surface area contributed by atoms with Gasteiger partial charge in [-0.05, 0) is 67.3 Å². The number of halogens is 1. The maximum Gasteiger partial charge on any atom is 0.225 e. The number of benzene rings is 2. The van der Waals surface area contributed by atoms with E-state index in [1.807, 2.05) is 54.9 Å². The van der Waals surface area contributed by atoms with Gasteiger partial charge in [-0.1, -0.05) is 23.7 Å². The van der Waals surface area contributed by atoms with E-state index in [1.165, 1.54) is 10.9 Å². The Morgan fingerprint density at radius 2 is 1.71 bits per heavy atom. The largest absolute Gasteiger partial charge is 0.361 e. The number of fused-ring (bicyclic) bond motifs is 1. The Labute approximate surface area is 204 Å². The number of nitriles is 1. The van der Waals surface area contributed by atoms with Crippen molar-refractivity contribution in [3.63, 3.8) is 0 Å². The summed E-state index contributed by atoms with van der Waals surface area (Å²) >= 11 is 5.98. The van der Waals surface area contributed by atoms with Crippen LogP contribution in [0.25, 0.3) is 22.0 Å². The Morgan fingerprint density at radius 3 is 2.44 bits per heavy atom. The van der Waals surface area contributed by atoms with Crippen molar-refractivity contribution in [2.24, 2.45) is 0 Å². The number of anilines is 1. The number of hydrogen-bond acceptors (Lipinski definition) is 5. The van der Waals surface area contributed by atoms with Crippen molar-refractivity contribution in [1.82, 2.24) is 19.9 Å². The zero-order valence-electron chi connectivity index (χ0n) is 19.0. The Kier molecular flexibility index (Phi) is 6.75. The number of H-pyrrole nitrogens is 1. The highest BCUT2D eigenvalue weighted by molar-refractivity contribution is 6.30. The van der Waals surface area contributed by atoms with Crippen LogP contribution in [0.3, 0.4) is 0 Å². The zero-order valence-corrected chi connectivity index (χ0v) is 19.8. The van der Waals surface area contributed by atoms with Crippen LogP contribution in [-0.4, -0.2) is 52.6 Å². The van der Waals surface area contributed by atoms with E-state index in [2.05, 4.69) is 37.0 Å². The predicted molar refractivity (Wildman–Crippen MR) is 137 cm³/mol. The van der Waals surface area contributed by atoms with Gasteiger partial charge in [-0.15, -0.1) is 0 Å². The number of nitrogens with zero attached hydrogens (tertiary/aromatic N) is 5. The molecule has 0 unspecified atom stereocenters. The van der Waals surface area contributed by atoms with Crippen LogP contribution in [0, 0.1) is 11.3 Å². The van der Waals surface area contributed by atoms with Crippen molar-refractivity contribution in [1.29, 1.82) is 5.26 Å². The number of aryl methyl sites for hydroxylation is 1. The molecular weight excluding hydrogens is 444 g/mol. The number of aromatic nitrogens is 3. The molecule has 0 radical (unpaired) electrons. The fourth-order valence-corrected chi connectivity index (χ4v) is 4.68. The average Bonchev–Trinajstić information content (AvgIpc) is 3.29. The van der Waals surface area contributed by atoms with Crippen LogP contribution >= 0.6 is 11.6 Å². The van der Waals surface area contributed by atoms with Gasteiger partial charge in [0.05, 0.1) is 11.6 Å². The summed E-state index contributed by atoms with van der Waals surface area (Å²) in [5, 5.41) is 11.1. The molecule has 34 heavy (non-hydrogen) atoms. The molecule has 6 nitrogen and oxygen atoms in total. The van der Waals surface area contributed by atoms with Gasteiger partial charge in [0, 0.05) is 66.3 Å². The molecule has 0 bridgehead atoms. The molecule has 3 heterocycles. The van der Waals surface area contributed by atoms with E-state index < -0.39 is 0 Å². The van der Waals surface area contributed by atoms with Gasteiger partial charge in [0.2, 0.25) is 5.95 Å². The highest BCUT2D eigenvalue weighted by atomic mass is 35.5. The Morgan fingerprint density at radius 1 is 0.941 bits per heavy atom. The third-order valence-corrected chi connectivity index (χ3v) is 6.79. The second-order valence-electron chi connectivity index (χ2n) is 8.75. The molecule has 1 aliphatic rings. The molecule has 0 aliphatic carbocycles. The molecule has 1 N–H and O–H groups in total. The first-order valence-electron chi connectivity index (χ1n) is 11.7. The van der Waals surface area contributed by atoms with Gasteiger partial charge < -0.3 is 9.88 Å². The first-order valence-corrected chi connectivity index (χ1v) is 12.1. The van der Waals surface area contributed by atoms with Crippen LogP contribution in [0.5, 0.6) is 0 Å². The summed E-state index contributed by atoms with van der Waals surface area (Å²) in [7, 11) is 0. The van der Waals surface area contributed by atoms with E-state index in [-0.39, 0.29) is 0 Å². The monoisotopic (exact) mass is 470 g/mol. The summed E-state index contributed by atoms with van der Waals surface area (Å²) in [6.45, 7) is 5.05. The van der Waals surface area contributed by atoms with Crippen LogP contribution < -0.4 is 4.90 Å². The van der Waals surface area contributed by atoms with Crippen LogP contribution in [0.1, 0.15) is 24.0 Å². The lowest BCUT2D eigenvalue weighted by Crippen LogP contribution is -2.47. The molecule has 7 heteroatoms. The maximum atomic E-state index is 9.16. The molecule has 4 aromatic rings. The van der Waals surface area contributed by atoms with Crippen molar-refractivity contribution in [3.8, 4) is 17.2 Å². The number of piperazine rings is 1. The third-order valence-electron chi connectivity index (χ3n) is 6.54. The molecule has 1 fully saturated rings. The minimum Gasteiger partial charge on any atom is -0.361 e. The zero-order chi connectivity index (χ0) is 23.3. The van der Waals surface area contributed by atoms with E-state index >= 15 is 0 Å². The Hall–Kier alpha value is -3.40. The molecule has 0 spiro atoms. The fraction of sp³-hybridized carbons (Fsp3) is 0.296. The molecule has 0 saturated carbocycles. The number of rotatable bonds is 7. The smallest absolute Gasteiger partial charge is 0.225 e. The second kappa shape index (κ2) is 10.3. The highest BCUT2D eigenvalue weighted by Gasteiger charge is 2.18. The van der Waals surface area contributed by atoms with Gasteiger partial charge in [-0.25, -0.2) is 9.97 Å². The van der Waals surface area contributed by atoms with E-state index in [9.17, 15) is 0 Å². The lowest BCUT2D eigenvalue weighted by atomic mass is 10.1. The molecule has 2 aromatic heterocycles. The summed E-state index contributed by atoms with van der Waals surface area (Å²) in [4.78, 5) is 17.3. The molecule has 2 aromatic carbocycles. The Balaban J connectivity index is 1.07. The number of unbranched alkanes of at least 4 members (excludes halogenated alkanes) is 1. The van der Waals surface area contributed by atoms with Gasteiger partial charge >= 0.3 is 0 Å². The first kappa shape index (κ1) is 22.4. The second-order valence-corrected chi connectivity index (χ2v) is 9.19. The molecular formula is C27H27ClN6. The van der Waals surface area contributed by atoms with Crippen molar-refractivity contribution < 1.29 is 0 Å². The lowest BCUT2D eigenvalue weighted by molar-refractivity contribution is 0.252. The standard InChI is InChI=1S/C27H27ClN6/c28-24-7-5-21(6-8-24)23-18-31-27(32-19-23)34-13-11-33(12-14-34)10-2-1-3-22-17-30-26-9-4-20(16-29)15-25(22)26/h4-9,15,17-19,30H,1-3,10-14H2. The minimum atomic E-state index is 0.717. The van der Waals surface area contributed by atoms with E-state index in [4.69, 9.17) is 16.9 Å². The summed E-state index contributed by atoms with van der Waals surface area (Å²) in [5.74, 6) is 0.799. The minimum absolute atomic E-state index is 0.717. The van der Waals surface area contributed by atoms with Gasteiger partial charge in [-0.2, -0.15) is 5.26 Å². The quantitative estimate of drug-likeness (QED) is 0.371. The normalized spacial score (nSPS) is 14.4. The molecule has 0 amide bonds. The summed E-state index contributed by atoms with van der Waals surface area (Å²) in [6, 6.07) is 15.8. The van der Waals surface area contributed by atoms with Crippen molar-refractivity contribution in [2.45, 2.75) is 19.3 Å². The van der Waals surface area contributed by atoms with Crippen molar-refractivity contribution in [3.05, 3.63) is 77.2 Å². The fourth-order valence-electron chi connectivity index (χ4n) is 4.55. The third kappa shape index (κ3) is 5.06. The molecule has 1 saturated heterocycles. The molecule has 172 valence electrons. The van der Waals surface area contributed by atoms with Crippen molar-refractivity contribution >= 4 is 28.5 Å². The van der Waals surface area contributed by atoms with E-state index in [0.717, 1.165) is 85.2 Å². The maximum absolute atomic E-state index is 9.16. The van der Waals surface area contributed by atoms with Crippen LogP contribution in [-0.2, 0) is 6.42 Å². The predicted octanol–water partition coefficient (Wildman–Crippen LogP) is 5.29. The number of hydrogen-bond donors (Lipinski definition) is 1. The summed E-state index contributed by atoms with van der Waals surface area (Å²) < 4.78 is 0. The highest BCUT2D eigenvalue weighted by Crippen LogP contribution is 2.23. The van der Waals surface area contributed by atoms with Gasteiger partial charge in [0.15, 0.2) is 0 Å².